The van der Waals surface area contributed by atoms with Gasteiger partial charge in [-0.1, -0.05) is 13.8 Å². The van der Waals surface area contributed by atoms with Gasteiger partial charge in [-0.3, -0.25) is 0 Å². The van der Waals surface area contributed by atoms with Crippen molar-refractivity contribution >= 4 is 11.2 Å². The topological polar surface area (TPSA) is 84.3 Å². The van der Waals surface area contributed by atoms with Crippen molar-refractivity contribution in [1.29, 1.82) is 0 Å². The Morgan fingerprint density at radius 2 is 2.19 bits per heavy atom. The van der Waals surface area contributed by atoms with Crippen molar-refractivity contribution in [1.82, 2.24) is 35.0 Å². The van der Waals surface area contributed by atoms with Crippen molar-refractivity contribution in [3.05, 3.63) is 30.6 Å². The van der Waals surface area contributed by atoms with Crippen LogP contribution in [0.5, 0.6) is 0 Å². The van der Waals surface area contributed by atoms with Crippen LogP contribution in [0.2, 0.25) is 0 Å². The van der Waals surface area contributed by atoms with Crippen molar-refractivity contribution in [3.8, 4) is 5.82 Å². The number of nitrogens with one attached hydrogen (secondary N) is 2. The molecule has 0 spiro atoms. The van der Waals surface area contributed by atoms with Crippen LogP contribution in [0.3, 0.4) is 0 Å². The molecule has 0 fully saturated rings. The number of imidazole rings is 1. The Morgan fingerprint density at radius 1 is 1.29 bits per heavy atom. The van der Waals surface area contributed by atoms with Crippen LogP contribution in [-0.2, 0) is 6.42 Å². The van der Waals surface area contributed by atoms with Gasteiger partial charge in [0, 0.05) is 12.2 Å². The van der Waals surface area contributed by atoms with Crippen molar-refractivity contribution in [2.24, 2.45) is 0 Å². The first-order valence-electron chi connectivity index (χ1n) is 7.15. The Morgan fingerprint density at radius 3 is 3.05 bits per heavy atom. The maximum absolute atomic E-state index is 4.39. The van der Waals surface area contributed by atoms with Crippen LogP contribution in [0.1, 0.15) is 25.8 Å². The lowest BCUT2D eigenvalue weighted by atomic mass is 10.2. The normalized spacial score (nSPS) is 11.6. The molecule has 0 unspecified atom stereocenters. The fraction of sp³-hybridized carbons (Fsp3) is 0.429. The average Bonchev–Trinajstić information content (AvgIpc) is 3.12. The maximum Gasteiger partial charge on any atom is 0.182 e. The Balaban J connectivity index is 1.71. The summed E-state index contributed by atoms with van der Waals surface area (Å²) in [6, 6.07) is 0.530. The SMILES string of the molecule is CC(C)NCCCc1cnn(-c2ncnc3nc[nH]c23)c1. The van der Waals surface area contributed by atoms with Gasteiger partial charge >= 0.3 is 0 Å². The van der Waals surface area contributed by atoms with Crippen LogP contribution >= 0.6 is 0 Å². The fourth-order valence-corrected chi connectivity index (χ4v) is 2.21. The number of hydrogen-bond acceptors (Lipinski definition) is 5. The van der Waals surface area contributed by atoms with Crippen LogP contribution in [0.25, 0.3) is 17.0 Å². The Labute approximate surface area is 122 Å². The second kappa shape index (κ2) is 6.01. The third kappa shape index (κ3) is 3.08. The Kier molecular flexibility index (Phi) is 3.92. The molecule has 0 amide bonds. The summed E-state index contributed by atoms with van der Waals surface area (Å²) in [7, 11) is 0. The molecule has 110 valence electrons. The third-order valence-corrected chi connectivity index (χ3v) is 3.25. The molecule has 3 aromatic rings. The molecule has 3 heterocycles. The Hall–Kier alpha value is -2.28. The van der Waals surface area contributed by atoms with Gasteiger partial charge < -0.3 is 10.3 Å². The highest BCUT2D eigenvalue weighted by Crippen LogP contribution is 2.14. The number of rotatable bonds is 6. The summed E-state index contributed by atoms with van der Waals surface area (Å²) in [5, 5.41) is 7.80. The van der Waals surface area contributed by atoms with Crippen LogP contribution in [0.15, 0.2) is 25.0 Å². The monoisotopic (exact) mass is 285 g/mol. The first-order chi connectivity index (χ1) is 10.2. The number of H-pyrrole nitrogens is 1. The van der Waals surface area contributed by atoms with E-state index in [2.05, 4.69) is 44.2 Å². The largest absolute Gasteiger partial charge is 0.340 e. The lowest BCUT2D eigenvalue weighted by Crippen LogP contribution is -2.23. The quantitative estimate of drug-likeness (QED) is 0.670. The van der Waals surface area contributed by atoms with Gasteiger partial charge in [0.1, 0.15) is 11.8 Å². The standard InChI is InChI=1S/C14H19N7/c1-10(2)15-5-3-4-11-6-20-21(7-11)14-12-13(17-8-16-12)18-9-19-14/h6-10,15H,3-5H2,1-2H3,(H,16,17,18,19). The summed E-state index contributed by atoms with van der Waals surface area (Å²) < 4.78 is 1.77. The van der Waals surface area contributed by atoms with Gasteiger partial charge in [-0.05, 0) is 24.9 Å². The van der Waals surface area contributed by atoms with Gasteiger partial charge in [-0.25, -0.2) is 19.6 Å². The average molecular weight is 285 g/mol. The zero-order chi connectivity index (χ0) is 14.7. The molecular formula is C14H19N7. The number of aromatic amines is 1. The first-order valence-corrected chi connectivity index (χ1v) is 7.15. The number of nitrogens with zero attached hydrogens (tertiary/aromatic N) is 5. The Bertz CT molecular complexity index is 713. The van der Waals surface area contributed by atoms with Gasteiger partial charge in [0.05, 0.1) is 12.5 Å². The number of fused-ring (bicyclic) bond motifs is 1. The molecule has 0 saturated heterocycles. The van der Waals surface area contributed by atoms with E-state index >= 15 is 0 Å². The highest BCUT2D eigenvalue weighted by molar-refractivity contribution is 5.77. The van der Waals surface area contributed by atoms with E-state index in [1.54, 1.807) is 11.0 Å². The fourth-order valence-electron chi connectivity index (χ4n) is 2.21. The highest BCUT2D eigenvalue weighted by Gasteiger charge is 2.09. The van der Waals surface area contributed by atoms with E-state index < -0.39 is 0 Å². The molecule has 0 aliphatic rings. The molecule has 0 aliphatic carbocycles. The van der Waals surface area contributed by atoms with Crippen LogP contribution in [0.4, 0.5) is 0 Å². The number of aromatic nitrogens is 6. The van der Waals surface area contributed by atoms with Crippen molar-refractivity contribution in [2.45, 2.75) is 32.7 Å². The van der Waals surface area contributed by atoms with Gasteiger partial charge in [0.2, 0.25) is 0 Å². The highest BCUT2D eigenvalue weighted by atomic mass is 15.3. The molecule has 0 saturated carbocycles. The molecule has 0 atom stereocenters. The number of aryl methyl sites for hydroxylation is 1. The van der Waals surface area contributed by atoms with E-state index in [4.69, 9.17) is 0 Å². The van der Waals surface area contributed by atoms with Crippen LogP contribution in [0, 0.1) is 0 Å². The molecule has 0 radical (unpaired) electrons. The summed E-state index contributed by atoms with van der Waals surface area (Å²) in [4.78, 5) is 15.6. The summed E-state index contributed by atoms with van der Waals surface area (Å²) in [6.45, 7) is 5.33. The van der Waals surface area contributed by atoms with E-state index in [0.29, 0.717) is 11.7 Å². The van der Waals surface area contributed by atoms with Gasteiger partial charge in [0.15, 0.2) is 11.5 Å². The molecule has 3 aromatic heterocycles. The van der Waals surface area contributed by atoms with Gasteiger partial charge in [0.25, 0.3) is 0 Å². The van der Waals surface area contributed by atoms with E-state index in [-0.39, 0.29) is 0 Å². The molecule has 0 aliphatic heterocycles. The second-order valence-corrected chi connectivity index (χ2v) is 5.30. The van der Waals surface area contributed by atoms with E-state index in [0.717, 1.165) is 30.7 Å². The van der Waals surface area contributed by atoms with Crippen molar-refractivity contribution in [2.75, 3.05) is 6.54 Å². The van der Waals surface area contributed by atoms with E-state index in [1.807, 2.05) is 12.4 Å². The van der Waals surface area contributed by atoms with Gasteiger partial charge in [-0.15, -0.1) is 0 Å². The molecule has 7 heteroatoms. The molecule has 0 bridgehead atoms. The van der Waals surface area contributed by atoms with Crippen LogP contribution < -0.4 is 5.32 Å². The predicted octanol–water partition coefficient (Wildman–Crippen LogP) is 1.47. The summed E-state index contributed by atoms with van der Waals surface area (Å²) in [6.07, 6.45) is 9.11. The zero-order valence-corrected chi connectivity index (χ0v) is 12.2. The summed E-state index contributed by atoms with van der Waals surface area (Å²) >= 11 is 0. The summed E-state index contributed by atoms with van der Waals surface area (Å²) in [5.41, 5.74) is 2.65. The predicted molar refractivity (Wildman–Crippen MR) is 80.3 cm³/mol. The van der Waals surface area contributed by atoms with Crippen molar-refractivity contribution < 1.29 is 0 Å². The lowest BCUT2D eigenvalue weighted by Gasteiger charge is -2.06. The molecule has 0 aromatic carbocycles. The van der Waals surface area contributed by atoms with Gasteiger partial charge in [-0.2, -0.15) is 5.10 Å². The first kappa shape index (κ1) is 13.7. The lowest BCUT2D eigenvalue weighted by molar-refractivity contribution is 0.570. The van der Waals surface area contributed by atoms with E-state index in [9.17, 15) is 0 Å². The minimum atomic E-state index is 0.530. The molecule has 7 nitrogen and oxygen atoms in total. The van der Waals surface area contributed by atoms with Crippen molar-refractivity contribution in [3.63, 3.8) is 0 Å². The molecular weight excluding hydrogens is 266 g/mol. The number of hydrogen-bond donors (Lipinski definition) is 2. The second-order valence-electron chi connectivity index (χ2n) is 5.30. The maximum atomic E-state index is 4.39. The minimum absolute atomic E-state index is 0.530. The zero-order valence-electron chi connectivity index (χ0n) is 12.2. The summed E-state index contributed by atoms with van der Waals surface area (Å²) in [5.74, 6) is 0.726. The smallest absolute Gasteiger partial charge is 0.182 e. The van der Waals surface area contributed by atoms with Crippen LogP contribution in [-0.4, -0.2) is 42.3 Å². The van der Waals surface area contributed by atoms with E-state index in [1.165, 1.54) is 11.9 Å². The molecule has 3 rings (SSSR count). The molecule has 21 heavy (non-hydrogen) atoms. The minimum Gasteiger partial charge on any atom is -0.340 e. The third-order valence-electron chi connectivity index (χ3n) is 3.25. The molecule has 2 N–H and O–H groups in total.